The van der Waals surface area contributed by atoms with E-state index in [2.05, 4.69) is 0 Å². The highest BCUT2D eigenvalue weighted by molar-refractivity contribution is 6.53. The minimum Gasteiger partial charge on any atom is -0.493 e. The zero-order valence-corrected chi connectivity index (χ0v) is 14.2. The smallest absolute Gasteiger partial charge is 0.256 e. The maximum Gasteiger partial charge on any atom is 0.256 e. The Morgan fingerprint density at radius 3 is 2.33 bits per heavy atom. The summed E-state index contributed by atoms with van der Waals surface area (Å²) in [4.78, 5) is 12.7. The van der Waals surface area contributed by atoms with Crippen LogP contribution in [0.1, 0.15) is 31.9 Å². The zero-order valence-electron chi connectivity index (χ0n) is 12.7. The predicted molar refractivity (Wildman–Crippen MR) is 85.5 cm³/mol. The third kappa shape index (κ3) is 4.42. The van der Waals surface area contributed by atoms with E-state index in [1.165, 1.54) is 0 Å². The van der Waals surface area contributed by atoms with E-state index in [-0.39, 0.29) is 11.9 Å². The van der Waals surface area contributed by atoms with Crippen LogP contribution in [0.25, 0.3) is 0 Å². The van der Waals surface area contributed by atoms with Crippen LogP contribution in [0.2, 0.25) is 0 Å². The van der Waals surface area contributed by atoms with Gasteiger partial charge in [-0.2, -0.15) is 0 Å². The largest absolute Gasteiger partial charge is 0.493 e. The van der Waals surface area contributed by atoms with Crippen molar-refractivity contribution in [1.29, 1.82) is 0 Å². The SMILES string of the molecule is CCCN(C(=O)C(Cl)Cl)C(C)c1ccc(OC)c(OC)c1. The second-order valence-corrected chi connectivity index (χ2v) is 5.72. The summed E-state index contributed by atoms with van der Waals surface area (Å²) in [6, 6.07) is 5.42. The van der Waals surface area contributed by atoms with Crippen molar-refractivity contribution in [2.75, 3.05) is 20.8 Å². The summed E-state index contributed by atoms with van der Waals surface area (Å²) < 4.78 is 10.5. The van der Waals surface area contributed by atoms with Crippen LogP contribution >= 0.6 is 23.2 Å². The van der Waals surface area contributed by atoms with E-state index in [1.54, 1.807) is 19.1 Å². The molecule has 4 nitrogen and oxygen atoms in total. The molecule has 0 saturated carbocycles. The number of halogens is 2. The van der Waals surface area contributed by atoms with E-state index in [1.807, 2.05) is 32.0 Å². The van der Waals surface area contributed by atoms with Gasteiger partial charge < -0.3 is 14.4 Å². The summed E-state index contributed by atoms with van der Waals surface area (Å²) in [7, 11) is 3.16. The summed E-state index contributed by atoms with van der Waals surface area (Å²) in [5.41, 5.74) is 0.934. The van der Waals surface area contributed by atoms with Gasteiger partial charge in [-0.3, -0.25) is 4.79 Å². The number of hydrogen-bond donors (Lipinski definition) is 0. The first kappa shape index (κ1) is 17.9. The van der Waals surface area contributed by atoms with Crippen molar-refractivity contribution in [3.05, 3.63) is 23.8 Å². The van der Waals surface area contributed by atoms with E-state index < -0.39 is 4.84 Å². The summed E-state index contributed by atoms with van der Waals surface area (Å²) in [6.07, 6.45) is 0.823. The number of methoxy groups -OCH3 is 2. The Balaban J connectivity index is 3.08. The lowest BCUT2D eigenvalue weighted by molar-refractivity contribution is -0.131. The van der Waals surface area contributed by atoms with Gasteiger partial charge in [0.05, 0.1) is 20.3 Å². The molecule has 0 aromatic heterocycles. The molecule has 118 valence electrons. The molecule has 1 atom stereocenters. The molecule has 0 aliphatic rings. The van der Waals surface area contributed by atoms with Crippen LogP contribution in [0.3, 0.4) is 0 Å². The maximum absolute atomic E-state index is 12.1. The van der Waals surface area contributed by atoms with Gasteiger partial charge in [0.15, 0.2) is 16.3 Å². The lowest BCUT2D eigenvalue weighted by Crippen LogP contribution is -2.37. The maximum atomic E-state index is 12.1. The fourth-order valence-corrected chi connectivity index (χ4v) is 2.40. The molecule has 0 fully saturated rings. The first-order chi connectivity index (χ1) is 9.96. The Bertz CT molecular complexity index is 480. The van der Waals surface area contributed by atoms with Gasteiger partial charge in [-0.1, -0.05) is 36.2 Å². The van der Waals surface area contributed by atoms with Crippen LogP contribution in [0.4, 0.5) is 0 Å². The average molecular weight is 334 g/mol. The highest BCUT2D eigenvalue weighted by Crippen LogP contribution is 2.32. The Labute approximate surface area is 135 Å². The standard InChI is InChI=1S/C15H21Cl2NO3/c1-5-8-18(15(19)14(16)17)10(2)11-6-7-12(20-3)13(9-11)21-4/h6-7,9-10,14H,5,8H2,1-4H3. The highest BCUT2D eigenvalue weighted by atomic mass is 35.5. The van der Waals surface area contributed by atoms with Crippen molar-refractivity contribution < 1.29 is 14.3 Å². The Kier molecular flexibility index (Phi) is 7.12. The van der Waals surface area contributed by atoms with Crippen molar-refractivity contribution in [3.63, 3.8) is 0 Å². The lowest BCUT2D eigenvalue weighted by Gasteiger charge is -2.30. The topological polar surface area (TPSA) is 38.8 Å². The Morgan fingerprint density at radius 1 is 1.24 bits per heavy atom. The second kappa shape index (κ2) is 8.35. The van der Waals surface area contributed by atoms with Gasteiger partial charge in [-0.05, 0) is 31.0 Å². The first-order valence-corrected chi connectivity index (χ1v) is 7.64. The van der Waals surface area contributed by atoms with Crippen molar-refractivity contribution >= 4 is 29.1 Å². The van der Waals surface area contributed by atoms with Crippen LogP contribution in [0, 0.1) is 0 Å². The predicted octanol–water partition coefficient (Wildman–Crippen LogP) is 3.81. The molecule has 21 heavy (non-hydrogen) atoms. The minimum absolute atomic E-state index is 0.155. The Morgan fingerprint density at radius 2 is 1.86 bits per heavy atom. The molecule has 1 aromatic rings. The van der Waals surface area contributed by atoms with E-state index in [4.69, 9.17) is 32.7 Å². The average Bonchev–Trinajstić information content (AvgIpc) is 2.50. The van der Waals surface area contributed by atoms with Crippen LogP contribution in [0.15, 0.2) is 18.2 Å². The summed E-state index contributed by atoms with van der Waals surface area (Å²) in [5, 5.41) is 0. The number of carbonyl (C=O) groups is 1. The van der Waals surface area contributed by atoms with Gasteiger partial charge in [0.25, 0.3) is 5.91 Å². The molecule has 1 unspecified atom stereocenters. The van der Waals surface area contributed by atoms with Gasteiger partial charge in [0.1, 0.15) is 0 Å². The third-order valence-electron chi connectivity index (χ3n) is 3.29. The summed E-state index contributed by atoms with van der Waals surface area (Å²) in [5.74, 6) is 0.982. The molecule has 0 radical (unpaired) electrons. The lowest BCUT2D eigenvalue weighted by atomic mass is 10.1. The van der Waals surface area contributed by atoms with Gasteiger partial charge in [0.2, 0.25) is 0 Å². The Hall–Kier alpha value is -1.13. The molecule has 1 rings (SSSR count). The number of rotatable bonds is 7. The number of nitrogens with zero attached hydrogens (tertiary/aromatic N) is 1. The highest BCUT2D eigenvalue weighted by Gasteiger charge is 2.25. The number of hydrogen-bond acceptors (Lipinski definition) is 3. The molecule has 0 bridgehead atoms. The minimum atomic E-state index is -1.06. The van der Waals surface area contributed by atoms with E-state index in [0.717, 1.165) is 12.0 Å². The van der Waals surface area contributed by atoms with Crippen LogP contribution in [-0.2, 0) is 4.79 Å². The molecule has 6 heteroatoms. The molecule has 0 heterocycles. The summed E-state index contributed by atoms with van der Waals surface area (Å²) >= 11 is 11.5. The monoisotopic (exact) mass is 333 g/mol. The molecule has 1 aromatic carbocycles. The number of carbonyl (C=O) groups excluding carboxylic acids is 1. The summed E-state index contributed by atoms with van der Waals surface area (Å²) in [6.45, 7) is 4.52. The van der Waals surface area contributed by atoms with E-state index >= 15 is 0 Å². The van der Waals surface area contributed by atoms with Crippen LogP contribution in [0.5, 0.6) is 11.5 Å². The third-order valence-corrected chi connectivity index (χ3v) is 3.67. The molecule has 0 spiro atoms. The number of benzene rings is 1. The van der Waals surface area contributed by atoms with Crippen molar-refractivity contribution in [2.24, 2.45) is 0 Å². The second-order valence-electron chi connectivity index (χ2n) is 4.62. The van der Waals surface area contributed by atoms with Gasteiger partial charge >= 0.3 is 0 Å². The fourth-order valence-electron chi connectivity index (χ4n) is 2.15. The van der Waals surface area contributed by atoms with Gasteiger partial charge in [-0.25, -0.2) is 0 Å². The number of amides is 1. The van der Waals surface area contributed by atoms with Crippen LogP contribution < -0.4 is 9.47 Å². The van der Waals surface area contributed by atoms with E-state index in [9.17, 15) is 4.79 Å². The molecule has 0 aliphatic heterocycles. The molecular weight excluding hydrogens is 313 g/mol. The number of alkyl halides is 2. The van der Waals surface area contributed by atoms with Crippen LogP contribution in [-0.4, -0.2) is 36.4 Å². The first-order valence-electron chi connectivity index (χ1n) is 6.76. The van der Waals surface area contributed by atoms with E-state index in [0.29, 0.717) is 18.0 Å². The van der Waals surface area contributed by atoms with Gasteiger partial charge in [-0.15, -0.1) is 0 Å². The molecular formula is C15H21Cl2NO3. The number of ether oxygens (including phenoxy) is 2. The van der Waals surface area contributed by atoms with Crippen molar-refractivity contribution in [3.8, 4) is 11.5 Å². The molecule has 0 N–H and O–H groups in total. The van der Waals surface area contributed by atoms with Crippen molar-refractivity contribution in [1.82, 2.24) is 4.90 Å². The fraction of sp³-hybridized carbons (Fsp3) is 0.533. The molecule has 0 aliphatic carbocycles. The van der Waals surface area contributed by atoms with Gasteiger partial charge in [0, 0.05) is 6.54 Å². The van der Waals surface area contributed by atoms with Crippen molar-refractivity contribution in [2.45, 2.75) is 31.1 Å². The quantitative estimate of drug-likeness (QED) is 0.712. The normalized spacial score (nSPS) is 12.1. The zero-order chi connectivity index (χ0) is 16.0. The molecule has 1 amide bonds. The molecule has 0 saturated heterocycles.